The van der Waals surface area contributed by atoms with Crippen LogP contribution in [0.1, 0.15) is 52.7 Å². The van der Waals surface area contributed by atoms with Crippen LogP contribution in [-0.4, -0.2) is 12.1 Å². The third-order valence-electron chi connectivity index (χ3n) is 6.80. The van der Waals surface area contributed by atoms with Crippen LogP contribution < -0.4 is 4.74 Å². The molecule has 0 spiro atoms. The van der Waals surface area contributed by atoms with Gasteiger partial charge in [0.15, 0.2) is 0 Å². The number of aromatic nitrogens is 1. The van der Waals surface area contributed by atoms with Crippen molar-refractivity contribution in [2.45, 2.75) is 52.4 Å². The largest absolute Gasteiger partial charge is 0.494 e. The highest BCUT2D eigenvalue weighted by Gasteiger charge is 2.56. The zero-order chi connectivity index (χ0) is 17.9. The van der Waals surface area contributed by atoms with E-state index in [0.717, 1.165) is 21.5 Å². The van der Waals surface area contributed by atoms with Gasteiger partial charge < -0.3 is 4.74 Å². The third-order valence-corrected chi connectivity index (χ3v) is 7.24. The zero-order valence-electron chi connectivity index (χ0n) is 15.6. The first-order valence-electron chi connectivity index (χ1n) is 8.39. The second-order valence-electron chi connectivity index (χ2n) is 8.34. The summed E-state index contributed by atoms with van der Waals surface area (Å²) in [5.41, 5.74) is 5.24. The van der Waals surface area contributed by atoms with Crippen molar-refractivity contribution < 1.29 is 4.74 Å². The lowest BCUT2D eigenvalue weighted by Crippen LogP contribution is -2.42. The summed E-state index contributed by atoms with van der Waals surface area (Å²) in [7, 11) is 1.69. The molecule has 1 aliphatic carbocycles. The number of benzene rings is 1. The van der Waals surface area contributed by atoms with Crippen molar-refractivity contribution in [3.8, 4) is 17.0 Å². The van der Waals surface area contributed by atoms with Gasteiger partial charge >= 0.3 is 0 Å². The fraction of sp³-hybridized carbons (Fsp3) is 0.476. The highest BCUT2D eigenvalue weighted by Crippen LogP contribution is 2.61. The lowest BCUT2D eigenvalue weighted by molar-refractivity contribution is 0.125. The molecule has 0 radical (unpaired) electrons. The summed E-state index contributed by atoms with van der Waals surface area (Å²) in [6.45, 7) is 14.2. The Morgan fingerprint density at radius 1 is 0.917 bits per heavy atom. The Labute approximate surface area is 153 Å². The van der Waals surface area contributed by atoms with Crippen molar-refractivity contribution in [3.63, 3.8) is 0 Å². The van der Waals surface area contributed by atoms with Gasteiger partial charge in [-0.15, -0.1) is 0 Å². The van der Waals surface area contributed by atoms with Gasteiger partial charge in [0, 0.05) is 16.2 Å². The zero-order valence-corrected chi connectivity index (χ0v) is 17.2. The molecule has 2 aromatic rings. The Morgan fingerprint density at radius 3 is 2.17 bits per heavy atom. The van der Waals surface area contributed by atoms with E-state index >= 15 is 0 Å². The van der Waals surface area contributed by atoms with E-state index in [0.29, 0.717) is 0 Å². The lowest BCUT2D eigenvalue weighted by Gasteiger charge is -2.44. The Balaban J connectivity index is 2.22. The van der Waals surface area contributed by atoms with Crippen LogP contribution in [0.15, 0.2) is 34.9 Å². The Kier molecular flexibility index (Phi) is 3.87. The van der Waals surface area contributed by atoms with Crippen molar-refractivity contribution in [2.24, 2.45) is 5.41 Å². The van der Waals surface area contributed by atoms with Gasteiger partial charge in [0.1, 0.15) is 11.4 Å². The average Bonchev–Trinajstić information content (AvgIpc) is 2.63. The standard InChI is InChI=1S/C21H26BrNO/c1-19(2)15-9-8-13(10-16(15)20(3,4)21(19,5)6)18-17(24-7)11-14(22)12-23-18/h8-12H,1-7H3. The number of hydrogen-bond acceptors (Lipinski definition) is 2. The monoisotopic (exact) mass is 387 g/mol. The van der Waals surface area contributed by atoms with Crippen molar-refractivity contribution >= 4 is 15.9 Å². The van der Waals surface area contributed by atoms with Gasteiger partial charge in [-0.25, -0.2) is 0 Å². The molecule has 1 heterocycles. The fourth-order valence-electron chi connectivity index (χ4n) is 4.00. The molecule has 2 nitrogen and oxygen atoms in total. The maximum atomic E-state index is 5.54. The minimum absolute atomic E-state index is 0.0877. The third kappa shape index (κ3) is 2.17. The number of halogens is 1. The number of rotatable bonds is 2. The number of methoxy groups -OCH3 is 1. The maximum absolute atomic E-state index is 5.54. The molecule has 0 saturated heterocycles. The molecular formula is C21H26BrNO. The molecule has 0 amide bonds. The number of pyridine rings is 1. The number of fused-ring (bicyclic) bond motifs is 1. The second-order valence-corrected chi connectivity index (χ2v) is 9.26. The van der Waals surface area contributed by atoms with E-state index in [4.69, 9.17) is 4.74 Å². The van der Waals surface area contributed by atoms with Crippen molar-refractivity contribution in [3.05, 3.63) is 46.1 Å². The highest BCUT2D eigenvalue weighted by molar-refractivity contribution is 9.10. The minimum Gasteiger partial charge on any atom is -0.494 e. The molecule has 1 aromatic heterocycles. The van der Waals surface area contributed by atoms with Crippen LogP contribution in [-0.2, 0) is 10.8 Å². The average molecular weight is 388 g/mol. The van der Waals surface area contributed by atoms with Crippen LogP contribution in [0.3, 0.4) is 0 Å². The Hall–Kier alpha value is -1.35. The number of ether oxygens (including phenoxy) is 1. The molecule has 0 N–H and O–H groups in total. The van der Waals surface area contributed by atoms with Crippen molar-refractivity contribution in [2.75, 3.05) is 7.11 Å². The quantitative estimate of drug-likeness (QED) is 0.619. The molecule has 0 unspecified atom stereocenters. The molecule has 24 heavy (non-hydrogen) atoms. The van der Waals surface area contributed by atoms with Crippen LogP contribution in [0.5, 0.6) is 5.75 Å². The Morgan fingerprint density at radius 2 is 1.54 bits per heavy atom. The molecule has 1 aliphatic rings. The molecular weight excluding hydrogens is 362 g/mol. The van der Waals surface area contributed by atoms with Crippen LogP contribution >= 0.6 is 15.9 Å². The van der Waals surface area contributed by atoms with Crippen LogP contribution in [0.4, 0.5) is 0 Å². The summed E-state index contributed by atoms with van der Waals surface area (Å²) < 4.78 is 6.46. The smallest absolute Gasteiger partial charge is 0.146 e. The van der Waals surface area contributed by atoms with Gasteiger partial charge in [-0.3, -0.25) is 4.98 Å². The first-order valence-corrected chi connectivity index (χ1v) is 9.18. The van der Waals surface area contributed by atoms with Crippen LogP contribution in [0.2, 0.25) is 0 Å². The first-order chi connectivity index (χ1) is 11.0. The summed E-state index contributed by atoms with van der Waals surface area (Å²) in [5.74, 6) is 0.790. The van der Waals surface area contributed by atoms with Gasteiger partial charge in [0.05, 0.1) is 7.11 Å². The Bertz CT molecular complexity index is 805. The van der Waals surface area contributed by atoms with E-state index in [1.165, 1.54) is 11.1 Å². The number of hydrogen-bond donors (Lipinski definition) is 0. The molecule has 3 heteroatoms. The van der Waals surface area contributed by atoms with E-state index < -0.39 is 0 Å². The molecule has 0 saturated carbocycles. The summed E-state index contributed by atoms with van der Waals surface area (Å²) in [6, 6.07) is 8.74. The van der Waals surface area contributed by atoms with Gasteiger partial charge in [-0.1, -0.05) is 53.7 Å². The predicted molar refractivity (Wildman–Crippen MR) is 104 cm³/mol. The van der Waals surface area contributed by atoms with Gasteiger partial charge in [-0.05, 0) is 55.4 Å². The fourth-order valence-corrected chi connectivity index (χ4v) is 4.31. The summed E-state index contributed by atoms with van der Waals surface area (Å²) >= 11 is 3.46. The SMILES string of the molecule is COc1cc(Br)cnc1-c1ccc2c(c1)C(C)(C)C(C)(C)C2(C)C. The summed E-state index contributed by atoms with van der Waals surface area (Å²) in [6.07, 6.45) is 1.82. The van der Waals surface area contributed by atoms with E-state index in [-0.39, 0.29) is 16.2 Å². The first kappa shape index (κ1) is 17.5. The van der Waals surface area contributed by atoms with Gasteiger partial charge in [0.2, 0.25) is 0 Å². The molecule has 3 rings (SSSR count). The van der Waals surface area contributed by atoms with Crippen molar-refractivity contribution in [1.29, 1.82) is 0 Å². The highest BCUT2D eigenvalue weighted by atomic mass is 79.9. The number of nitrogens with zero attached hydrogens (tertiary/aromatic N) is 1. The molecule has 0 aliphatic heterocycles. The normalized spacial score (nSPS) is 19.8. The van der Waals surface area contributed by atoms with E-state index in [9.17, 15) is 0 Å². The van der Waals surface area contributed by atoms with Crippen molar-refractivity contribution in [1.82, 2.24) is 4.98 Å². The van der Waals surface area contributed by atoms with Gasteiger partial charge in [0.25, 0.3) is 0 Å². The molecule has 128 valence electrons. The van der Waals surface area contributed by atoms with E-state index in [1.54, 1.807) is 7.11 Å². The lowest BCUT2D eigenvalue weighted by atomic mass is 9.59. The predicted octanol–water partition coefficient (Wildman–Crippen LogP) is 6.11. The van der Waals surface area contributed by atoms with Crippen LogP contribution in [0, 0.1) is 5.41 Å². The maximum Gasteiger partial charge on any atom is 0.146 e. The summed E-state index contributed by atoms with van der Waals surface area (Å²) in [5, 5.41) is 0. The molecule has 0 bridgehead atoms. The van der Waals surface area contributed by atoms with Crippen LogP contribution in [0.25, 0.3) is 11.3 Å². The second kappa shape index (κ2) is 5.32. The van der Waals surface area contributed by atoms with E-state index in [2.05, 4.69) is 80.7 Å². The summed E-state index contributed by atoms with van der Waals surface area (Å²) in [4.78, 5) is 4.59. The molecule has 1 aromatic carbocycles. The minimum atomic E-state index is 0.0877. The topological polar surface area (TPSA) is 22.1 Å². The van der Waals surface area contributed by atoms with Gasteiger partial charge in [-0.2, -0.15) is 0 Å². The molecule has 0 atom stereocenters. The molecule has 0 fully saturated rings. The van der Waals surface area contributed by atoms with E-state index in [1.807, 2.05) is 12.3 Å².